The second-order valence-electron chi connectivity index (χ2n) is 15.7. The van der Waals surface area contributed by atoms with E-state index in [9.17, 15) is 0 Å². The van der Waals surface area contributed by atoms with Gasteiger partial charge in [0.15, 0.2) is 5.82 Å². The largest absolute Gasteiger partial charge is 0.294 e. The Bertz CT molecular complexity index is 3480. The van der Waals surface area contributed by atoms with E-state index in [1.807, 2.05) is 0 Å². The maximum absolute atomic E-state index is 5.48. The van der Waals surface area contributed by atoms with Gasteiger partial charge in [0.25, 0.3) is 0 Å². The molecule has 1 unspecified atom stereocenters. The van der Waals surface area contributed by atoms with Crippen molar-refractivity contribution in [2.24, 2.45) is 0 Å². The highest BCUT2D eigenvalue weighted by Gasteiger charge is 2.28. The Morgan fingerprint density at radius 2 is 0.724 bits per heavy atom. The molecule has 0 saturated heterocycles. The molecule has 1 aliphatic rings. The van der Waals surface area contributed by atoms with Gasteiger partial charge in [0.2, 0.25) is 0 Å². The highest BCUT2D eigenvalue weighted by molar-refractivity contribution is 6.26. The number of fused-ring (bicyclic) bond motifs is 15. The average molecular weight is 739 g/mol. The van der Waals surface area contributed by atoms with Gasteiger partial charge in [-0.3, -0.25) is 9.13 Å². The summed E-state index contributed by atoms with van der Waals surface area (Å²) in [6.45, 7) is 2.35. The van der Waals surface area contributed by atoms with E-state index in [2.05, 4.69) is 198 Å². The molecule has 0 fully saturated rings. The lowest BCUT2D eigenvalue weighted by atomic mass is 9.90. The van der Waals surface area contributed by atoms with Crippen LogP contribution in [0, 0.1) is 0 Å². The fraction of sp³-hybridized carbons (Fsp3) is 0.0370. The minimum Gasteiger partial charge on any atom is -0.294 e. The first-order valence-corrected chi connectivity index (χ1v) is 20.1. The van der Waals surface area contributed by atoms with Gasteiger partial charge in [-0.15, -0.1) is 0 Å². The monoisotopic (exact) mass is 738 g/mol. The summed E-state index contributed by atoms with van der Waals surface area (Å²) in [5, 5.41) is 12.6. The number of para-hydroxylation sites is 4. The van der Waals surface area contributed by atoms with Crippen LogP contribution in [0.15, 0.2) is 182 Å². The van der Waals surface area contributed by atoms with Gasteiger partial charge < -0.3 is 0 Å². The Hall–Kier alpha value is -7.56. The number of nitrogens with zero attached hydrogens (tertiary/aromatic N) is 4. The molecule has 0 radical (unpaired) electrons. The van der Waals surface area contributed by atoms with Gasteiger partial charge in [-0.25, -0.2) is 9.97 Å². The van der Waals surface area contributed by atoms with Crippen LogP contribution in [0.3, 0.4) is 0 Å². The molecule has 3 heterocycles. The third-order valence-electron chi connectivity index (χ3n) is 12.8. The lowest BCUT2D eigenvalue weighted by Gasteiger charge is -2.14. The minimum absolute atomic E-state index is 0.256. The van der Waals surface area contributed by atoms with Crippen LogP contribution in [0.2, 0.25) is 0 Å². The second kappa shape index (κ2) is 11.7. The first-order chi connectivity index (χ1) is 28.7. The van der Waals surface area contributed by atoms with Gasteiger partial charge in [0.1, 0.15) is 11.6 Å². The summed E-state index contributed by atoms with van der Waals surface area (Å²) in [5.74, 6) is 2.61. The van der Waals surface area contributed by atoms with Crippen LogP contribution >= 0.6 is 0 Å². The molecule has 0 saturated carbocycles. The average Bonchev–Trinajstić information content (AvgIpc) is 3.90. The van der Waals surface area contributed by atoms with E-state index in [0.717, 1.165) is 39.3 Å². The molecule has 3 aromatic heterocycles. The maximum Gasteiger partial charge on any atom is 0.163 e. The van der Waals surface area contributed by atoms with Crippen molar-refractivity contribution in [1.82, 2.24) is 19.1 Å². The van der Waals surface area contributed by atoms with E-state index in [-0.39, 0.29) is 5.92 Å². The summed E-state index contributed by atoms with van der Waals surface area (Å²) in [6.07, 6.45) is 0. The number of hydrogen-bond acceptors (Lipinski definition) is 2. The molecule has 4 heteroatoms. The number of aromatic nitrogens is 4. The highest BCUT2D eigenvalue weighted by Crippen LogP contribution is 2.49. The Labute approximate surface area is 333 Å². The topological polar surface area (TPSA) is 35.6 Å². The molecule has 1 aliphatic carbocycles. The van der Waals surface area contributed by atoms with Crippen LogP contribution in [0.5, 0.6) is 0 Å². The van der Waals surface area contributed by atoms with Crippen LogP contribution in [-0.2, 0) is 0 Å². The normalized spacial score (nSPS) is 13.8. The van der Waals surface area contributed by atoms with Gasteiger partial charge >= 0.3 is 0 Å². The van der Waals surface area contributed by atoms with Gasteiger partial charge in [-0.05, 0) is 97.0 Å². The van der Waals surface area contributed by atoms with E-state index in [4.69, 9.17) is 9.97 Å². The third-order valence-corrected chi connectivity index (χ3v) is 12.8. The van der Waals surface area contributed by atoms with Crippen LogP contribution in [0.25, 0.3) is 110 Å². The molecule has 4 nitrogen and oxygen atoms in total. The van der Waals surface area contributed by atoms with Gasteiger partial charge in [0, 0.05) is 39.1 Å². The third kappa shape index (κ3) is 4.29. The fourth-order valence-corrected chi connectivity index (χ4v) is 10.2. The summed E-state index contributed by atoms with van der Waals surface area (Å²) in [5.41, 5.74) is 10.7. The number of rotatable bonds is 3. The zero-order chi connectivity index (χ0) is 38.1. The summed E-state index contributed by atoms with van der Waals surface area (Å²) in [6, 6.07) is 66.2. The number of hydrogen-bond donors (Lipinski definition) is 0. The first kappa shape index (κ1) is 31.6. The molecule has 0 bridgehead atoms. The van der Waals surface area contributed by atoms with E-state index >= 15 is 0 Å². The summed E-state index contributed by atoms with van der Waals surface area (Å²) >= 11 is 0. The van der Waals surface area contributed by atoms with Crippen molar-refractivity contribution in [2.75, 3.05) is 0 Å². The predicted octanol–water partition coefficient (Wildman–Crippen LogP) is 13.9. The van der Waals surface area contributed by atoms with Crippen LogP contribution in [-0.4, -0.2) is 19.1 Å². The lowest BCUT2D eigenvalue weighted by molar-refractivity contribution is 0.958. The Morgan fingerprint density at radius 1 is 0.345 bits per heavy atom. The molecule has 13 rings (SSSR count). The summed E-state index contributed by atoms with van der Waals surface area (Å²) < 4.78 is 4.61. The second-order valence-corrected chi connectivity index (χ2v) is 15.7. The molecule has 9 aromatic carbocycles. The summed E-state index contributed by atoms with van der Waals surface area (Å²) in [4.78, 5) is 11.0. The van der Waals surface area contributed by atoms with Crippen LogP contribution < -0.4 is 0 Å². The molecule has 58 heavy (non-hydrogen) atoms. The molecule has 0 aliphatic heterocycles. The molecular weight excluding hydrogens is 705 g/mol. The van der Waals surface area contributed by atoms with E-state index in [1.165, 1.54) is 76.1 Å². The van der Waals surface area contributed by atoms with Crippen molar-refractivity contribution in [1.29, 1.82) is 0 Å². The fourth-order valence-electron chi connectivity index (χ4n) is 10.2. The molecule has 0 N–H and O–H groups in total. The molecule has 0 amide bonds. The minimum atomic E-state index is 0.256. The molecule has 0 spiro atoms. The SMILES string of the molecule is CC1c2ccc(-c3nc(-n4c5ccccc5c5ccccc54)cc(-n4c5ccccc5c5ccccc54)n3)cc2-c2cc3c4ccccc4c4ccccc4c3cc21. The van der Waals surface area contributed by atoms with Crippen molar-refractivity contribution in [2.45, 2.75) is 12.8 Å². The van der Waals surface area contributed by atoms with Crippen LogP contribution in [0.4, 0.5) is 0 Å². The lowest BCUT2D eigenvalue weighted by Crippen LogP contribution is -2.06. The van der Waals surface area contributed by atoms with Crippen molar-refractivity contribution < 1.29 is 0 Å². The predicted molar refractivity (Wildman–Crippen MR) is 242 cm³/mol. The zero-order valence-corrected chi connectivity index (χ0v) is 31.7. The number of benzene rings is 9. The van der Waals surface area contributed by atoms with Crippen molar-refractivity contribution in [3.63, 3.8) is 0 Å². The standard InChI is InChI=1S/C54H34N4/c1-32-34-27-26-33(28-44(34)47-30-46-38-17-5-3-15-36(38)35-14-2-4-16-37(35)45(46)29-43(32)47)54-55-52(57-48-22-10-6-18-39(48)40-19-7-11-23-49(40)57)31-53(56-54)58-50-24-12-8-20-41(50)42-21-9-13-25-51(42)58/h2-32H,1H3. The van der Waals surface area contributed by atoms with E-state index < -0.39 is 0 Å². The van der Waals surface area contributed by atoms with Gasteiger partial charge in [0.05, 0.1) is 22.1 Å². The Balaban J connectivity index is 1.08. The van der Waals surface area contributed by atoms with E-state index in [0.29, 0.717) is 5.82 Å². The summed E-state index contributed by atoms with van der Waals surface area (Å²) in [7, 11) is 0. The van der Waals surface area contributed by atoms with Crippen LogP contribution in [0.1, 0.15) is 24.0 Å². The molecular formula is C54H34N4. The Morgan fingerprint density at radius 3 is 1.19 bits per heavy atom. The highest BCUT2D eigenvalue weighted by atomic mass is 15.1. The van der Waals surface area contributed by atoms with Crippen molar-refractivity contribution >= 4 is 75.9 Å². The quantitative estimate of drug-likeness (QED) is 0.169. The molecule has 1 atom stereocenters. The van der Waals surface area contributed by atoms with Gasteiger partial charge in [-0.2, -0.15) is 0 Å². The Kier molecular flexibility index (Phi) is 6.40. The van der Waals surface area contributed by atoms with Crippen molar-refractivity contribution in [3.8, 4) is 34.2 Å². The molecule has 270 valence electrons. The van der Waals surface area contributed by atoms with Gasteiger partial charge in [-0.1, -0.05) is 140 Å². The van der Waals surface area contributed by atoms with E-state index in [1.54, 1.807) is 0 Å². The molecule has 12 aromatic rings. The van der Waals surface area contributed by atoms with Crippen molar-refractivity contribution in [3.05, 3.63) is 193 Å². The zero-order valence-electron chi connectivity index (χ0n) is 31.7. The first-order valence-electron chi connectivity index (χ1n) is 20.1. The maximum atomic E-state index is 5.48. The smallest absolute Gasteiger partial charge is 0.163 e.